The SMILES string of the molecule is O=C(O)Cc1nc(NC(=O)Nc2cccnc2C(=O)C2CCCC2)sc1S(=O)(=O)c1ccccn1. The van der Waals surface area contributed by atoms with Crippen LogP contribution in [0.25, 0.3) is 0 Å². The smallest absolute Gasteiger partial charge is 0.325 e. The Kier molecular flexibility index (Phi) is 7.17. The number of amides is 2. The summed E-state index contributed by atoms with van der Waals surface area (Å²) in [7, 11) is -4.16. The number of Topliss-reactive ketones (excluding diaryl/α,β-unsaturated/α-hetero) is 1. The van der Waals surface area contributed by atoms with Gasteiger partial charge in [-0.15, -0.1) is 0 Å². The number of thiazole rings is 1. The highest BCUT2D eigenvalue weighted by atomic mass is 32.2. The molecule has 2 amide bonds. The van der Waals surface area contributed by atoms with Gasteiger partial charge in [0.2, 0.25) is 9.84 Å². The van der Waals surface area contributed by atoms with E-state index in [2.05, 4.69) is 25.6 Å². The van der Waals surface area contributed by atoms with Gasteiger partial charge in [0, 0.05) is 18.3 Å². The first kappa shape index (κ1) is 24.4. The molecule has 11 nitrogen and oxygen atoms in total. The van der Waals surface area contributed by atoms with Gasteiger partial charge in [-0.2, -0.15) is 0 Å². The second-order valence-corrected chi connectivity index (χ2v) is 10.9. The molecule has 3 heterocycles. The molecule has 0 unspecified atom stereocenters. The Bertz CT molecular complexity index is 1370. The maximum atomic E-state index is 13.0. The van der Waals surface area contributed by atoms with Gasteiger partial charge < -0.3 is 10.4 Å². The Balaban J connectivity index is 1.57. The summed E-state index contributed by atoms with van der Waals surface area (Å²) in [5.41, 5.74) is 0.145. The number of carbonyl (C=O) groups is 3. The van der Waals surface area contributed by atoms with E-state index < -0.39 is 28.3 Å². The van der Waals surface area contributed by atoms with Crippen LogP contribution >= 0.6 is 11.3 Å². The largest absolute Gasteiger partial charge is 0.481 e. The monoisotopic (exact) mass is 515 g/mol. The van der Waals surface area contributed by atoms with Gasteiger partial charge in [0.15, 0.2) is 20.1 Å². The van der Waals surface area contributed by atoms with Crippen molar-refractivity contribution >= 4 is 49.8 Å². The number of carboxylic acid groups (broad SMARTS) is 1. The molecule has 35 heavy (non-hydrogen) atoms. The molecule has 0 aromatic carbocycles. The number of ketones is 1. The Morgan fingerprint density at radius 3 is 2.46 bits per heavy atom. The molecule has 1 saturated carbocycles. The molecular formula is C22H21N5O6S2. The Morgan fingerprint density at radius 1 is 1.03 bits per heavy atom. The molecule has 1 fully saturated rings. The molecule has 3 aromatic heterocycles. The van der Waals surface area contributed by atoms with E-state index in [0.717, 1.165) is 25.7 Å². The van der Waals surface area contributed by atoms with Crippen molar-refractivity contribution in [3.63, 3.8) is 0 Å². The van der Waals surface area contributed by atoms with Crippen LogP contribution in [0.2, 0.25) is 0 Å². The van der Waals surface area contributed by atoms with E-state index in [-0.39, 0.29) is 43.1 Å². The third-order valence-electron chi connectivity index (χ3n) is 5.37. The number of aliphatic carboxylic acids is 1. The molecule has 0 radical (unpaired) electrons. The third-order valence-corrected chi connectivity index (χ3v) is 8.60. The minimum absolute atomic E-state index is 0.124. The number of pyridine rings is 2. The number of nitrogens with one attached hydrogen (secondary N) is 2. The van der Waals surface area contributed by atoms with Crippen molar-refractivity contribution in [2.45, 2.75) is 41.3 Å². The van der Waals surface area contributed by atoms with Crippen LogP contribution < -0.4 is 10.6 Å². The van der Waals surface area contributed by atoms with Crippen molar-refractivity contribution in [2.75, 3.05) is 10.6 Å². The summed E-state index contributed by atoms with van der Waals surface area (Å²) in [5, 5.41) is 13.8. The van der Waals surface area contributed by atoms with Crippen LogP contribution in [0.4, 0.5) is 15.6 Å². The van der Waals surface area contributed by atoms with Crippen LogP contribution in [0.15, 0.2) is 52.0 Å². The molecule has 0 saturated heterocycles. The Labute approximate surface area is 204 Å². The quantitative estimate of drug-likeness (QED) is 0.381. The number of rotatable bonds is 8. The molecule has 0 aliphatic heterocycles. The van der Waals surface area contributed by atoms with Crippen molar-refractivity contribution in [3.05, 3.63) is 54.1 Å². The Morgan fingerprint density at radius 2 is 1.77 bits per heavy atom. The summed E-state index contributed by atoms with van der Waals surface area (Å²) >= 11 is 0.616. The summed E-state index contributed by atoms with van der Waals surface area (Å²) in [6.45, 7) is 0. The number of urea groups is 1. The van der Waals surface area contributed by atoms with Crippen molar-refractivity contribution in [1.29, 1.82) is 0 Å². The van der Waals surface area contributed by atoms with Gasteiger partial charge in [0.25, 0.3) is 0 Å². The lowest BCUT2D eigenvalue weighted by molar-refractivity contribution is -0.136. The standard InChI is InChI=1S/C22H21N5O6S2/c28-17(29)12-15-20(35(32,33)16-9-3-4-10-23-16)34-22(26-15)27-21(31)25-14-8-5-11-24-18(14)19(30)13-6-1-2-7-13/h3-5,8-11,13H,1-2,6-7,12H2,(H,28,29)(H2,25,26,27,31). The summed E-state index contributed by atoms with van der Waals surface area (Å²) < 4.78 is 25.7. The van der Waals surface area contributed by atoms with Crippen molar-refractivity contribution in [3.8, 4) is 0 Å². The van der Waals surface area contributed by atoms with Crippen LogP contribution in [0.5, 0.6) is 0 Å². The maximum Gasteiger partial charge on any atom is 0.325 e. The van der Waals surface area contributed by atoms with Crippen molar-refractivity contribution < 1.29 is 27.9 Å². The molecule has 0 bridgehead atoms. The first-order valence-corrected chi connectivity index (χ1v) is 13.0. The lowest BCUT2D eigenvalue weighted by atomic mass is 9.99. The summed E-state index contributed by atoms with van der Waals surface area (Å²) in [6.07, 6.45) is 5.61. The van der Waals surface area contributed by atoms with E-state index in [4.69, 9.17) is 0 Å². The molecule has 1 aliphatic rings. The molecule has 0 atom stereocenters. The van der Waals surface area contributed by atoms with Gasteiger partial charge in [0.1, 0.15) is 5.69 Å². The topological polar surface area (TPSA) is 168 Å². The number of carboxylic acids is 1. The molecule has 3 N–H and O–H groups in total. The first-order valence-electron chi connectivity index (χ1n) is 10.7. The predicted molar refractivity (Wildman–Crippen MR) is 126 cm³/mol. The van der Waals surface area contributed by atoms with E-state index in [1.165, 1.54) is 24.5 Å². The van der Waals surface area contributed by atoms with E-state index in [1.54, 1.807) is 18.2 Å². The minimum Gasteiger partial charge on any atom is -0.481 e. The predicted octanol–water partition coefficient (Wildman–Crippen LogP) is 3.41. The number of carbonyl (C=O) groups excluding carboxylic acids is 2. The van der Waals surface area contributed by atoms with Crippen molar-refractivity contribution in [1.82, 2.24) is 15.0 Å². The fourth-order valence-electron chi connectivity index (χ4n) is 3.79. The molecule has 4 rings (SSSR count). The number of hydrogen-bond donors (Lipinski definition) is 3. The van der Waals surface area contributed by atoms with E-state index >= 15 is 0 Å². The average Bonchev–Trinajstić information content (AvgIpc) is 3.50. The number of nitrogens with zero attached hydrogens (tertiary/aromatic N) is 3. The van der Waals surface area contributed by atoms with Gasteiger partial charge in [-0.05, 0) is 37.1 Å². The van der Waals surface area contributed by atoms with Crippen LogP contribution in [0.3, 0.4) is 0 Å². The highest BCUT2D eigenvalue weighted by Gasteiger charge is 2.29. The van der Waals surface area contributed by atoms with E-state index in [1.807, 2.05) is 0 Å². The minimum atomic E-state index is -4.16. The van der Waals surface area contributed by atoms with Gasteiger partial charge in [0.05, 0.1) is 17.8 Å². The van der Waals surface area contributed by atoms with Crippen LogP contribution in [-0.2, 0) is 21.1 Å². The lowest BCUT2D eigenvalue weighted by Gasteiger charge is -2.12. The van der Waals surface area contributed by atoms with Crippen LogP contribution in [0.1, 0.15) is 41.9 Å². The zero-order valence-corrected chi connectivity index (χ0v) is 19.9. The molecule has 13 heteroatoms. The van der Waals surface area contributed by atoms with Crippen LogP contribution in [0, 0.1) is 5.92 Å². The van der Waals surface area contributed by atoms with Gasteiger partial charge >= 0.3 is 12.0 Å². The van der Waals surface area contributed by atoms with Gasteiger partial charge in [-0.1, -0.05) is 30.2 Å². The number of sulfone groups is 1. The highest BCUT2D eigenvalue weighted by Crippen LogP contribution is 2.33. The fraction of sp³-hybridized carbons (Fsp3) is 0.273. The molecular weight excluding hydrogens is 494 g/mol. The summed E-state index contributed by atoms with van der Waals surface area (Å²) in [6, 6.07) is 6.66. The molecule has 1 aliphatic carbocycles. The average molecular weight is 516 g/mol. The van der Waals surface area contributed by atoms with Crippen molar-refractivity contribution in [2.24, 2.45) is 5.92 Å². The zero-order valence-electron chi connectivity index (χ0n) is 18.3. The zero-order chi connectivity index (χ0) is 25.0. The van der Waals surface area contributed by atoms with Gasteiger partial charge in [-0.25, -0.2) is 23.2 Å². The molecule has 0 spiro atoms. The number of anilines is 2. The number of aromatic nitrogens is 3. The van der Waals surface area contributed by atoms with E-state index in [9.17, 15) is 27.9 Å². The highest BCUT2D eigenvalue weighted by molar-refractivity contribution is 7.93. The van der Waals surface area contributed by atoms with Gasteiger partial charge in [-0.3, -0.25) is 19.9 Å². The molecule has 182 valence electrons. The first-order chi connectivity index (χ1) is 16.8. The summed E-state index contributed by atoms with van der Waals surface area (Å²) in [4.78, 5) is 48.8. The number of hydrogen-bond acceptors (Lipinski definition) is 9. The normalized spacial score (nSPS) is 13.9. The third kappa shape index (κ3) is 5.52. The lowest BCUT2D eigenvalue weighted by Crippen LogP contribution is -2.23. The second-order valence-electron chi connectivity index (χ2n) is 7.82. The fourth-order valence-corrected chi connectivity index (χ4v) is 6.51. The second kappa shape index (κ2) is 10.3. The van der Waals surface area contributed by atoms with Crippen LogP contribution in [-0.4, -0.2) is 46.3 Å². The maximum absolute atomic E-state index is 13.0. The molecule has 3 aromatic rings. The van der Waals surface area contributed by atoms with E-state index in [0.29, 0.717) is 11.3 Å². The Hall–Kier alpha value is -3.71. The summed E-state index contributed by atoms with van der Waals surface area (Å²) in [5.74, 6) is -1.56.